The topological polar surface area (TPSA) is 94.2 Å². The summed E-state index contributed by atoms with van der Waals surface area (Å²) in [5.41, 5.74) is 5.24. The van der Waals surface area contributed by atoms with Gasteiger partial charge in [0.15, 0.2) is 0 Å². The van der Waals surface area contributed by atoms with Gasteiger partial charge in [0.25, 0.3) is 0 Å². The van der Waals surface area contributed by atoms with Crippen LogP contribution < -0.4 is 5.73 Å². The van der Waals surface area contributed by atoms with Gasteiger partial charge in [-0.15, -0.1) is 0 Å². The molecule has 0 amide bonds. The van der Waals surface area contributed by atoms with Gasteiger partial charge < -0.3 is 30.2 Å². The summed E-state index contributed by atoms with van der Waals surface area (Å²) in [4.78, 5) is 0. The summed E-state index contributed by atoms with van der Waals surface area (Å²) < 4.78 is 15.7. The molecule has 4 N–H and O–H groups in total. The van der Waals surface area contributed by atoms with Gasteiger partial charge in [0, 0.05) is 19.8 Å². The summed E-state index contributed by atoms with van der Waals surface area (Å²) in [7, 11) is 0. The normalized spacial score (nSPS) is 23.4. The summed E-state index contributed by atoms with van der Waals surface area (Å²) in [6, 6.07) is 0. The minimum Gasteiger partial charge on any atom is -0.394 e. The predicted molar refractivity (Wildman–Crippen MR) is 121 cm³/mol. The molecule has 2 aliphatic rings. The van der Waals surface area contributed by atoms with Crippen molar-refractivity contribution < 1.29 is 24.4 Å². The van der Waals surface area contributed by atoms with E-state index in [-0.39, 0.29) is 12.7 Å². The molecule has 0 radical (unpaired) electrons. The Hall–Kier alpha value is -0.240. The van der Waals surface area contributed by atoms with Gasteiger partial charge in [-0.05, 0) is 24.7 Å². The number of ether oxygens (including phenoxy) is 3. The Morgan fingerprint density at radius 3 is 2.03 bits per heavy atom. The molecule has 6 nitrogen and oxygen atoms in total. The zero-order chi connectivity index (χ0) is 22.3. The van der Waals surface area contributed by atoms with Gasteiger partial charge in [-0.2, -0.15) is 0 Å². The molecule has 3 atom stereocenters. The van der Waals surface area contributed by atoms with Crippen LogP contribution in [0.5, 0.6) is 0 Å². The minimum atomic E-state index is -0.441. The fourth-order valence-electron chi connectivity index (χ4n) is 3.30. The van der Waals surface area contributed by atoms with Gasteiger partial charge in [-0.1, -0.05) is 66.7 Å². The molecule has 0 bridgehead atoms. The number of rotatable bonds is 11. The predicted octanol–water partition coefficient (Wildman–Crippen LogP) is 3.77. The van der Waals surface area contributed by atoms with Crippen molar-refractivity contribution in [2.75, 3.05) is 46.2 Å². The molecule has 0 aromatic rings. The maximum Gasteiger partial charge on any atom is 0.107 e. The van der Waals surface area contributed by atoms with E-state index in [1.54, 1.807) is 0 Å². The van der Waals surface area contributed by atoms with Crippen molar-refractivity contribution in [3.8, 4) is 0 Å². The van der Waals surface area contributed by atoms with Crippen molar-refractivity contribution in [1.82, 2.24) is 0 Å². The van der Waals surface area contributed by atoms with Crippen molar-refractivity contribution in [1.29, 1.82) is 0 Å². The van der Waals surface area contributed by atoms with E-state index in [0.717, 1.165) is 19.4 Å². The van der Waals surface area contributed by atoms with E-state index in [1.165, 1.54) is 32.1 Å². The average Bonchev–Trinajstić information content (AvgIpc) is 2.74. The lowest BCUT2D eigenvalue weighted by Crippen LogP contribution is -2.47. The number of aliphatic hydroxyl groups is 2. The molecule has 0 aromatic carbocycles. The number of unbranched alkanes of at least 4 members (excludes halogenated alkanes) is 2. The molecule has 2 rings (SSSR count). The highest BCUT2D eigenvalue weighted by atomic mass is 16.5. The molecule has 178 valence electrons. The molecular weight excluding hydrogens is 370 g/mol. The first-order valence-corrected chi connectivity index (χ1v) is 12.0. The van der Waals surface area contributed by atoms with Crippen LogP contribution in [0.25, 0.3) is 0 Å². The molecule has 29 heavy (non-hydrogen) atoms. The molecule has 1 aliphatic carbocycles. The molecule has 1 saturated carbocycles. The first-order valence-electron chi connectivity index (χ1n) is 12.0. The lowest BCUT2D eigenvalue weighted by atomic mass is 9.70. The van der Waals surface area contributed by atoms with Gasteiger partial charge in [0.05, 0.1) is 32.5 Å². The van der Waals surface area contributed by atoms with Gasteiger partial charge in [0.2, 0.25) is 0 Å². The highest BCUT2D eigenvalue weighted by Crippen LogP contribution is 2.39. The number of hydrogen-bond donors (Lipinski definition) is 3. The zero-order valence-corrected chi connectivity index (χ0v) is 19.9. The highest BCUT2D eigenvalue weighted by molar-refractivity contribution is 4.88. The Bertz CT molecular complexity index is 293. The quantitative estimate of drug-likeness (QED) is 0.440. The Kier molecular flexibility index (Phi) is 25.6. The van der Waals surface area contributed by atoms with Crippen LogP contribution in [0.4, 0.5) is 0 Å². The fraction of sp³-hybridized carbons (Fsp3) is 1.00. The smallest absolute Gasteiger partial charge is 0.107 e. The second-order valence-corrected chi connectivity index (χ2v) is 6.95. The van der Waals surface area contributed by atoms with Crippen LogP contribution in [-0.4, -0.2) is 68.6 Å². The zero-order valence-electron chi connectivity index (χ0n) is 19.9. The van der Waals surface area contributed by atoms with Crippen molar-refractivity contribution in [3.63, 3.8) is 0 Å². The van der Waals surface area contributed by atoms with Crippen LogP contribution in [0.2, 0.25) is 0 Å². The lowest BCUT2D eigenvalue weighted by molar-refractivity contribution is -0.140. The number of nitrogens with two attached hydrogens (primary N) is 1. The van der Waals surface area contributed by atoms with Gasteiger partial charge in [0.1, 0.15) is 6.10 Å². The Labute approximate surface area is 180 Å². The van der Waals surface area contributed by atoms with E-state index in [0.29, 0.717) is 44.8 Å². The Morgan fingerprint density at radius 1 is 0.931 bits per heavy atom. The third-order valence-electron chi connectivity index (χ3n) is 5.06. The van der Waals surface area contributed by atoms with E-state index < -0.39 is 6.10 Å². The number of aliphatic hydroxyl groups excluding tert-OH is 2. The molecule has 2 fully saturated rings. The van der Waals surface area contributed by atoms with Crippen LogP contribution >= 0.6 is 0 Å². The van der Waals surface area contributed by atoms with E-state index >= 15 is 0 Å². The van der Waals surface area contributed by atoms with Gasteiger partial charge >= 0.3 is 0 Å². The first kappa shape index (κ1) is 30.9. The molecule has 1 saturated heterocycles. The van der Waals surface area contributed by atoms with E-state index in [4.69, 9.17) is 25.1 Å². The minimum absolute atomic E-state index is 0.0512. The number of hydrogen-bond acceptors (Lipinski definition) is 6. The van der Waals surface area contributed by atoms with Crippen LogP contribution in [0.3, 0.4) is 0 Å². The fourth-order valence-corrected chi connectivity index (χ4v) is 3.30. The monoisotopic (exact) mass is 421 g/mol. The summed E-state index contributed by atoms with van der Waals surface area (Å²) in [5, 5.41) is 18.8. The van der Waals surface area contributed by atoms with Gasteiger partial charge in [-0.25, -0.2) is 0 Å². The third kappa shape index (κ3) is 15.2. The second kappa shape index (κ2) is 24.0. The van der Waals surface area contributed by atoms with E-state index in [9.17, 15) is 5.11 Å². The largest absolute Gasteiger partial charge is 0.394 e. The molecular formula is C23H51NO5. The van der Waals surface area contributed by atoms with Crippen LogP contribution in [0.1, 0.15) is 79.6 Å². The summed E-state index contributed by atoms with van der Waals surface area (Å²) in [5.74, 6) is 1.06. The molecule has 3 unspecified atom stereocenters. The maximum absolute atomic E-state index is 9.88. The summed E-state index contributed by atoms with van der Waals surface area (Å²) in [6.07, 6.45) is 7.65. The second-order valence-electron chi connectivity index (χ2n) is 6.95. The molecule has 0 aromatic heterocycles. The lowest BCUT2D eigenvalue weighted by Gasteiger charge is -2.42. The standard InChI is InChI=1S/C10H18O3.C9H21NO2.2C2H6/c11-6-9-10(12)8(4-5-13-9)7-2-1-3-7;1-2-3-4-6-11-8-9-12-7-5-10;2*1-2/h7-12H,1-6H2;2-10H2,1H3;2*1-2H3. The molecule has 6 heteroatoms. The first-order chi connectivity index (χ1) is 14.2. The molecule has 1 heterocycles. The Balaban J connectivity index is 0. The SMILES string of the molecule is CC.CC.CCCCCOCCOCCN.OCC1OCCC(C2CCC2)C1O. The van der Waals surface area contributed by atoms with Crippen LogP contribution in [0, 0.1) is 11.8 Å². The van der Waals surface area contributed by atoms with Crippen LogP contribution in [-0.2, 0) is 14.2 Å². The third-order valence-corrected chi connectivity index (χ3v) is 5.06. The molecule has 1 aliphatic heterocycles. The average molecular weight is 422 g/mol. The highest BCUT2D eigenvalue weighted by Gasteiger charge is 2.39. The van der Waals surface area contributed by atoms with Crippen molar-refractivity contribution in [2.24, 2.45) is 17.6 Å². The maximum atomic E-state index is 9.88. The van der Waals surface area contributed by atoms with Crippen molar-refractivity contribution >= 4 is 0 Å². The van der Waals surface area contributed by atoms with Crippen molar-refractivity contribution in [3.05, 3.63) is 0 Å². The van der Waals surface area contributed by atoms with Gasteiger partial charge in [-0.3, -0.25) is 0 Å². The van der Waals surface area contributed by atoms with Crippen LogP contribution in [0.15, 0.2) is 0 Å². The van der Waals surface area contributed by atoms with E-state index in [2.05, 4.69) is 6.92 Å². The van der Waals surface area contributed by atoms with Crippen molar-refractivity contribution in [2.45, 2.75) is 91.8 Å². The summed E-state index contributed by atoms with van der Waals surface area (Å²) in [6.45, 7) is 14.3. The Morgan fingerprint density at radius 2 is 1.55 bits per heavy atom. The molecule has 0 spiro atoms. The summed E-state index contributed by atoms with van der Waals surface area (Å²) >= 11 is 0. The van der Waals surface area contributed by atoms with E-state index in [1.807, 2.05) is 27.7 Å².